The minimum atomic E-state index is -3.83. The Morgan fingerprint density at radius 2 is 1.96 bits per heavy atom. The second kappa shape index (κ2) is 8.82. The molecule has 8 heteroatoms. The molecule has 0 saturated carbocycles. The summed E-state index contributed by atoms with van der Waals surface area (Å²) >= 11 is 12.0. The van der Waals surface area contributed by atoms with Crippen molar-refractivity contribution >= 4 is 44.8 Å². The molecule has 2 aromatic rings. The van der Waals surface area contributed by atoms with Crippen LogP contribution in [0.3, 0.4) is 0 Å². The van der Waals surface area contributed by atoms with Crippen molar-refractivity contribution in [3.05, 3.63) is 58.1 Å². The fourth-order valence-corrected chi connectivity index (χ4v) is 5.64. The van der Waals surface area contributed by atoms with Crippen molar-refractivity contribution in [3.63, 3.8) is 0 Å². The number of piperidine rings is 1. The van der Waals surface area contributed by atoms with E-state index in [0.29, 0.717) is 24.4 Å². The minimum Gasteiger partial charge on any atom is -0.326 e. The van der Waals surface area contributed by atoms with Crippen molar-refractivity contribution in [2.24, 2.45) is 5.92 Å². The number of carbonyl (C=O) groups is 1. The molecule has 0 aliphatic carbocycles. The maximum atomic E-state index is 13.0. The van der Waals surface area contributed by atoms with Crippen molar-refractivity contribution in [2.75, 3.05) is 18.4 Å². The summed E-state index contributed by atoms with van der Waals surface area (Å²) < 4.78 is 27.4. The van der Waals surface area contributed by atoms with E-state index in [9.17, 15) is 13.2 Å². The van der Waals surface area contributed by atoms with Crippen LogP contribution in [-0.2, 0) is 21.2 Å². The van der Waals surface area contributed by atoms with Gasteiger partial charge >= 0.3 is 0 Å². The highest BCUT2D eigenvalue weighted by atomic mass is 35.5. The van der Waals surface area contributed by atoms with E-state index in [0.717, 1.165) is 17.7 Å². The quantitative estimate of drug-likeness (QED) is 0.738. The molecule has 1 atom stereocenters. The van der Waals surface area contributed by atoms with Gasteiger partial charge < -0.3 is 5.32 Å². The van der Waals surface area contributed by atoms with Crippen LogP contribution in [-0.4, -0.2) is 31.7 Å². The second-order valence-electron chi connectivity index (χ2n) is 6.78. The number of sulfonamides is 1. The number of halogens is 2. The zero-order valence-corrected chi connectivity index (χ0v) is 17.8. The molecule has 1 amide bonds. The van der Waals surface area contributed by atoms with Gasteiger partial charge in [0.05, 0.1) is 10.9 Å². The average molecular weight is 441 g/mol. The van der Waals surface area contributed by atoms with Crippen molar-refractivity contribution in [3.8, 4) is 0 Å². The molecule has 150 valence electrons. The van der Waals surface area contributed by atoms with E-state index in [1.807, 2.05) is 31.2 Å². The number of hydrogen-bond acceptors (Lipinski definition) is 3. The Labute approximate surface area is 175 Å². The Balaban J connectivity index is 1.78. The highest BCUT2D eigenvalue weighted by Crippen LogP contribution is 2.31. The lowest BCUT2D eigenvalue weighted by Crippen LogP contribution is -2.43. The third-order valence-electron chi connectivity index (χ3n) is 4.92. The smallest absolute Gasteiger partial charge is 0.244 e. The van der Waals surface area contributed by atoms with Gasteiger partial charge in [-0.25, -0.2) is 8.42 Å². The van der Waals surface area contributed by atoms with E-state index in [1.54, 1.807) is 6.07 Å². The van der Waals surface area contributed by atoms with Crippen LogP contribution in [0.1, 0.15) is 25.3 Å². The molecule has 0 unspecified atom stereocenters. The molecule has 28 heavy (non-hydrogen) atoms. The number of nitrogens with one attached hydrogen (secondary N) is 1. The van der Waals surface area contributed by atoms with Crippen LogP contribution in [0.15, 0.2) is 47.4 Å². The molecule has 1 aliphatic heterocycles. The van der Waals surface area contributed by atoms with Crippen LogP contribution in [0.25, 0.3) is 0 Å². The molecular formula is C20H22Cl2N2O3S. The normalized spacial score (nSPS) is 18.0. The summed E-state index contributed by atoms with van der Waals surface area (Å²) in [6.07, 6.45) is 2.04. The fourth-order valence-electron chi connectivity index (χ4n) is 3.37. The summed E-state index contributed by atoms with van der Waals surface area (Å²) in [6, 6.07) is 12.0. The monoisotopic (exact) mass is 440 g/mol. The Kier molecular flexibility index (Phi) is 6.65. The molecular weight excluding hydrogens is 419 g/mol. The summed E-state index contributed by atoms with van der Waals surface area (Å²) in [7, 11) is -3.83. The Morgan fingerprint density at radius 3 is 2.71 bits per heavy atom. The van der Waals surface area contributed by atoms with Crippen molar-refractivity contribution < 1.29 is 13.2 Å². The lowest BCUT2D eigenvalue weighted by molar-refractivity contribution is -0.120. The third kappa shape index (κ3) is 4.51. The number of anilines is 1. The van der Waals surface area contributed by atoms with Crippen LogP contribution in [0.4, 0.5) is 5.69 Å². The number of hydrogen-bond donors (Lipinski definition) is 1. The van der Waals surface area contributed by atoms with Crippen molar-refractivity contribution in [1.82, 2.24) is 4.31 Å². The second-order valence-corrected chi connectivity index (χ2v) is 9.53. The van der Waals surface area contributed by atoms with Gasteiger partial charge in [0, 0.05) is 23.8 Å². The van der Waals surface area contributed by atoms with E-state index in [4.69, 9.17) is 23.2 Å². The van der Waals surface area contributed by atoms with Crippen LogP contribution < -0.4 is 5.32 Å². The summed E-state index contributed by atoms with van der Waals surface area (Å²) in [6.45, 7) is 2.49. The molecule has 1 N–H and O–H groups in total. The van der Waals surface area contributed by atoms with E-state index in [1.165, 1.54) is 16.4 Å². The predicted molar refractivity (Wildman–Crippen MR) is 112 cm³/mol. The summed E-state index contributed by atoms with van der Waals surface area (Å²) in [5.41, 5.74) is 1.81. The number of aryl methyl sites for hydroxylation is 1. The molecule has 3 rings (SSSR count). The molecule has 1 heterocycles. The molecule has 0 aromatic heterocycles. The first-order valence-corrected chi connectivity index (χ1v) is 11.4. The summed E-state index contributed by atoms with van der Waals surface area (Å²) in [5.74, 6) is -0.593. The number of carbonyl (C=O) groups excluding carboxylic acids is 1. The van der Waals surface area contributed by atoms with Gasteiger partial charge in [0.25, 0.3) is 0 Å². The molecule has 0 spiro atoms. The van der Waals surface area contributed by atoms with Gasteiger partial charge in [-0.1, -0.05) is 48.3 Å². The van der Waals surface area contributed by atoms with E-state index in [-0.39, 0.29) is 22.4 Å². The van der Waals surface area contributed by atoms with E-state index >= 15 is 0 Å². The van der Waals surface area contributed by atoms with Gasteiger partial charge in [0.1, 0.15) is 4.90 Å². The molecule has 0 bridgehead atoms. The van der Waals surface area contributed by atoms with Crippen LogP contribution in [0.2, 0.25) is 10.0 Å². The Bertz CT molecular complexity index is 979. The number of amides is 1. The fraction of sp³-hybridized carbons (Fsp3) is 0.350. The topological polar surface area (TPSA) is 66.5 Å². The summed E-state index contributed by atoms with van der Waals surface area (Å²) in [4.78, 5) is 12.8. The zero-order valence-electron chi connectivity index (χ0n) is 15.5. The van der Waals surface area contributed by atoms with Gasteiger partial charge in [0.15, 0.2) is 0 Å². The maximum Gasteiger partial charge on any atom is 0.244 e. The molecule has 1 aliphatic rings. The average Bonchev–Trinajstić information content (AvgIpc) is 2.70. The lowest BCUT2D eigenvalue weighted by atomic mass is 9.98. The predicted octanol–water partition coefficient (Wildman–Crippen LogP) is 4.60. The molecule has 1 fully saturated rings. The first-order chi connectivity index (χ1) is 13.3. The van der Waals surface area contributed by atoms with E-state index in [2.05, 4.69) is 5.32 Å². The van der Waals surface area contributed by atoms with E-state index < -0.39 is 15.9 Å². The van der Waals surface area contributed by atoms with Gasteiger partial charge in [-0.3, -0.25) is 4.79 Å². The van der Waals surface area contributed by atoms with Crippen molar-refractivity contribution in [2.45, 2.75) is 31.1 Å². The number of para-hydroxylation sites is 1. The minimum absolute atomic E-state index is 0.0287. The van der Waals surface area contributed by atoms with Crippen LogP contribution in [0, 0.1) is 5.92 Å². The number of nitrogens with zero attached hydrogens (tertiary/aromatic N) is 1. The third-order valence-corrected chi connectivity index (χ3v) is 7.50. The summed E-state index contributed by atoms with van der Waals surface area (Å²) in [5, 5.41) is 3.37. The highest BCUT2D eigenvalue weighted by molar-refractivity contribution is 7.89. The molecule has 2 aromatic carbocycles. The van der Waals surface area contributed by atoms with Gasteiger partial charge in [-0.15, -0.1) is 0 Å². The SMILES string of the molecule is CCc1ccccc1NC(=O)[C@@H]1CCCN(S(=O)(=O)c2cc(Cl)ccc2Cl)C1. The van der Waals surface area contributed by atoms with Crippen LogP contribution >= 0.6 is 23.2 Å². The van der Waals surface area contributed by atoms with Crippen LogP contribution in [0.5, 0.6) is 0 Å². The highest BCUT2D eigenvalue weighted by Gasteiger charge is 2.34. The standard InChI is InChI=1S/C20H22Cl2N2O3S/c1-2-14-6-3-4-8-18(14)23-20(25)15-7-5-11-24(13-15)28(26,27)19-12-16(21)9-10-17(19)22/h3-4,6,8-10,12,15H,2,5,7,11,13H2,1H3,(H,23,25)/t15-/m1/s1. The number of rotatable bonds is 5. The van der Waals surface area contributed by atoms with Gasteiger partial charge in [0.2, 0.25) is 15.9 Å². The maximum absolute atomic E-state index is 13.0. The Morgan fingerprint density at radius 1 is 1.21 bits per heavy atom. The van der Waals surface area contributed by atoms with Crippen molar-refractivity contribution in [1.29, 1.82) is 0 Å². The molecule has 5 nitrogen and oxygen atoms in total. The molecule has 0 radical (unpaired) electrons. The largest absolute Gasteiger partial charge is 0.326 e. The lowest BCUT2D eigenvalue weighted by Gasteiger charge is -2.31. The Hall–Kier alpha value is -1.60. The number of benzene rings is 2. The first-order valence-electron chi connectivity index (χ1n) is 9.17. The zero-order chi connectivity index (χ0) is 20.3. The van der Waals surface area contributed by atoms with Gasteiger partial charge in [-0.2, -0.15) is 4.31 Å². The molecule has 1 saturated heterocycles. The van der Waals surface area contributed by atoms with Gasteiger partial charge in [-0.05, 0) is 49.1 Å². The first kappa shape index (κ1) is 21.1.